The molecular weight excluding hydrogens is 256 g/mol. The van der Waals surface area contributed by atoms with Crippen LogP contribution in [0.1, 0.15) is 19.4 Å². The molecule has 0 bridgehead atoms. The van der Waals surface area contributed by atoms with Crippen molar-refractivity contribution in [3.05, 3.63) is 22.7 Å². The van der Waals surface area contributed by atoms with Crippen LogP contribution in [-0.2, 0) is 11.2 Å². The van der Waals surface area contributed by atoms with Gasteiger partial charge in [-0.15, -0.1) is 0 Å². The molecule has 0 atom stereocenters. The number of halogens is 1. The zero-order valence-corrected chi connectivity index (χ0v) is 11.1. The first-order chi connectivity index (χ1) is 8.37. The van der Waals surface area contributed by atoms with Gasteiger partial charge in [-0.05, 0) is 11.6 Å². The third-order valence-electron chi connectivity index (χ3n) is 2.69. The van der Waals surface area contributed by atoms with Crippen LogP contribution in [0.4, 0.5) is 0 Å². The predicted molar refractivity (Wildman–Crippen MR) is 67.6 cm³/mol. The van der Waals surface area contributed by atoms with Gasteiger partial charge in [-0.1, -0.05) is 25.4 Å². The van der Waals surface area contributed by atoms with Crippen LogP contribution in [0.25, 0.3) is 0 Å². The average molecular weight is 271 g/mol. The molecule has 2 rings (SSSR count). The van der Waals surface area contributed by atoms with Gasteiger partial charge in [0.25, 0.3) is 0 Å². The summed E-state index contributed by atoms with van der Waals surface area (Å²) in [6.07, 6.45) is -0.126. The molecule has 98 valence electrons. The highest BCUT2D eigenvalue weighted by Crippen LogP contribution is 2.37. The molecule has 0 saturated carbocycles. The van der Waals surface area contributed by atoms with Gasteiger partial charge in [0.15, 0.2) is 11.5 Å². The number of carbonyl (C=O) groups is 1. The Bertz CT molecular complexity index is 482. The van der Waals surface area contributed by atoms with Crippen molar-refractivity contribution in [3.63, 3.8) is 0 Å². The molecule has 1 aromatic carbocycles. The lowest BCUT2D eigenvalue weighted by molar-refractivity contribution is -0.136. The summed E-state index contributed by atoms with van der Waals surface area (Å²) in [5.74, 6) is 0.202. The number of hydrogen-bond acceptors (Lipinski definition) is 3. The van der Waals surface area contributed by atoms with Gasteiger partial charge in [-0.2, -0.15) is 0 Å². The van der Waals surface area contributed by atoms with Crippen LogP contribution in [0, 0.1) is 5.41 Å². The van der Waals surface area contributed by atoms with Crippen LogP contribution in [-0.4, -0.2) is 24.3 Å². The molecule has 5 heteroatoms. The van der Waals surface area contributed by atoms with Crippen LogP contribution in [0.2, 0.25) is 5.02 Å². The number of aliphatic carboxylic acids is 1. The maximum Gasteiger partial charge on any atom is 0.307 e. The molecule has 0 radical (unpaired) electrons. The highest BCUT2D eigenvalue weighted by atomic mass is 35.5. The summed E-state index contributed by atoms with van der Waals surface area (Å²) in [5, 5.41) is 9.19. The Morgan fingerprint density at radius 2 is 1.89 bits per heavy atom. The first-order valence-corrected chi connectivity index (χ1v) is 6.05. The van der Waals surface area contributed by atoms with E-state index in [2.05, 4.69) is 0 Å². The number of rotatable bonds is 2. The molecule has 0 aliphatic carbocycles. The summed E-state index contributed by atoms with van der Waals surface area (Å²) in [7, 11) is 0. The second kappa shape index (κ2) is 4.69. The van der Waals surface area contributed by atoms with Crippen molar-refractivity contribution in [1.82, 2.24) is 0 Å². The van der Waals surface area contributed by atoms with E-state index in [1.165, 1.54) is 0 Å². The van der Waals surface area contributed by atoms with E-state index in [4.69, 9.17) is 26.2 Å². The molecule has 0 unspecified atom stereocenters. The Balaban J connectivity index is 2.32. The van der Waals surface area contributed by atoms with Crippen molar-refractivity contribution >= 4 is 17.6 Å². The minimum absolute atomic E-state index is 0.0849. The van der Waals surface area contributed by atoms with E-state index in [1.807, 2.05) is 13.8 Å². The van der Waals surface area contributed by atoms with Crippen molar-refractivity contribution in [2.24, 2.45) is 5.41 Å². The normalized spacial score (nSPS) is 17.1. The molecule has 0 aromatic heterocycles. The molecule has 1 aliphatic rings. The third kappa shape index (κ3) is 2.88. The predicted octanol–water partition coefficient (Wildman–Crippen LogP) is 2.76. The van der Waals surface area contributed by atoms with Gasteiger partial charge >= 0.3 is 5.97 Å². The lowest BCUT2D eigenvalue weighted by Gasteiger charge is -2.19. The number of ether oxygens (including phenoxy) is 2. The Labute approximate surface area is 110 Å². The lowest BCUT2D eigenvalue weighted by Crippen LogP contribution is -2.26. The minimum Gasteiger partial charge on any atom is -0.489 e. The number of benzene rings is 1. The number of carboxylic acids is 1. The van der Waals surface area contributed by atoms with Crippen LogP contribution in [0.5, 0.6) is 11.5 Å². The number of hydrogen-bond donors (Lipinski definition) is 1. The summed E-state index contributed by atoms with van der Waals surface area (Å²) < 4.78 is 11.3. The topological polar surface area (TPSA) is 55.8 Å². The molecule has 1 N–H and O–H groups in total. The van der Waals surface area contributed by atoms with Gasteiger partial charge in [0.2, 0.25) is 0 Å². The molecule has 18 heavy (non-hydrogen) atoms. The molecule has 0 fully saturated rings. The van der Waals surface area contributed by atoms with Gasteiger partial charge in [-0.25, -0.2) is 0 Å². The zero-order valence-electron chi connectivity index (χ0n) is 10.3. The number of carboxylic acid groups (broad SMARTS) is 1. The molecule has 1 heterocycles. The fourth-order valence-corrected chi connectivity index (χ4v) is 1.91. The van der Waals surface area contributed by atoms with Gasteiger partial charge in [-0.3, -0.25) is 4.79 Å². The first-order valence-electron chi connectivity index (χ1n) is 5.67. The minimum atomic E-state index is -0.924. The Kier molecular flexibility index (Phi) is 3.39. The van der Waals surface area contributed by atoms with Crippen molar-refractivity contribution in [1.29, 1.82) is 0 Å². The smallest absolute Gasteiger partial charge is 0.307 e. The first kappa shape index (κ1) is 13.0. The molecule has 0 saturated heterocycles. The average Bonchev–Trinajstić information content (AvgIpc) is 2.39. The van der Waals surface area contributed by atoms with Gasteiger partial charge < -0.3 is 14.6 Å². The summed E-state index contributed by atoms with van der Waals surface area (Å²) in [4.78, 5) is 10.7. The van der Waals surface area contributed by atoms with E-state index < -0.39 is 5.97 Å². The van der Waals surface area contributed by atoms with E-state index in [-0.39, 0.29) is 11.8 Å². The van der Waals surface area contributed by atoms with Crippen LogP contribution >= 0.6 is 11.6 Å². The molecule has 1 aliphatic heterocycles. The second-order valence-electron chi connectivity index (χ2n) is 5.20. The van der Waals surface area contributed by atoms with E-state index in [1.54, 1.807) is 12.1 Å². The van der Waals surface area contributed by atoms with Crippen molar-refractivity contribution in [2.75, 3.05) is 13.2 Å². The Morgan fingerprint density at radius 1 is 1.33 bits per heavy atom. The monoisotopic (exact) mass is 270 g/mol. The van der Waals surface area contributed by atoms with Crippen molar-refractivity contribution in [2.45, 2.75) is 20.3 Å². The highest BCUT2D eigenvalue weighted by molar-refractivity contribution is 6.31. The van der Waals surface area contributed by atoms with Crippen LogP contribution < -0.4 is 9.47 Å². The molecule has 1 aromatic rings. The van der Waals surface area contributed by atoms with Crippen molar-refractivity contribution in [3.8, 4) is 11.5 Å². The molecule has 0 amide bonds. The third-order valence-corrected chi connectivity index (χ3v) is 3.04. The van der Waals surface area contributed by atoms with Crippen LogP contribution in [0.3, 0.4) is 0 Å². The zero-order chi connectivity index (χ0) is 13.3. The van der Waals surface area contributed by atoms with E-state index in [0.717, 1.165) is 0 Å². The summed E-state index contributed by atoms with van der Waals surface area (Å²) in [6.45, 7) is 5.14. The van der Waals surface area contributed by atoms with Gasteiger partial charge in [0, 0.05) is 16.5 Å². The largest absolute Gasteiger partial charge is 0.489 e. The summed E-state index contributed by atoms with van der Waals surface area (Å²) in [5.41, 5.74) is 0.449. The SMILES string of the molecule is CC1(C)COc2cc(Cl)c(CC(=O)O)cc2OC1. The summed E-state index contributed by atoms with van der Waals surface area (Å²) >= 11 is 6.03. The second-order valence-corrected chi connectivity index (χ2v) is 5.61. The molecule has 0 spiro atoms. The fourth-order valence-electron chi connectivity index (χ4n) is 1.69. The highest BCUT2D eigenvalue weighted by Gasteiger charge is 2.26. The number of fused-ring (bicyclic) bond motifs is 1. The Morgan fingerprint density at radius 3 is 2.44 bits per heavy atom. The quantitative estimate of drug-likeness (QED) is 0.898. The summed E-state index contributed by atoms with van der Waals surface area (Å²) in [6, 6.07) is 3.27. The maximum absolute atomic E-state index is 10.7. The fraction of sp³-hybridized carbons (Fsp3) is 0.462. The van der Waals surface area contributed by atoms with Crippen LogP contribution in [0.15, 0.2) is 12.1 Å². The van der Waals surface area contributed by atoms with Gasteiger partial charge in [0.05, 0.1) is 19.6 Å². The van der Waals surface area contributed by atoms with Crippen molar-refractivity contribution < 1.29 is 19.4 Å². The maximum atomic E-state index is 10.7. The van der Waals surface area contributed by atoms with E-state index in [9.17, 15) is 4.79 Å². The van der Waals surface area contributed by atoms with E-state index in [0.29, 0.717) is 35.3 Å². The van der Waals surface area contributed by atoms with E-state index >= 15 is 0 Å². The molecular formula is C13H15ClO4. The Hall–Kier alpha value is -1.42. The standard InChI is InChI=1S/C13H15ClO4/c1-13(2)6-17-10-3-8(4-12(15)16)9(14)5-11(10)18-7-13/h3,5H,4,6-7H2,1-2H3,(H,15,16). The lowest BCUT2D eigenvalue weighted by atomic mass is 9.97. The molecule has 4 nitrogen and oxygen atoms in total. The van der Waals surface area contributed by atoms with Gasteiger partial charge in [0.1, 0.15) is 0 Å².